The Hall–Kier alpha value is -4.27. The van der Waals surface area contributed by atoms with Crippen LogP contribution in [0.5, 0.6) is 0 Å². The summed E-state index contributed by atoms with van der Waals surface area (Å²) in [7, 11) is 0. The molecule has 42 heavy (non-hydrogen) atoms. The van der Waals surface area contributed by atoms with Crippen LogP contribution in [-0.4, -0.2) is 60.2 Å². The second kappa shape index (κ2) is 12.7. The highest BCUT2D eigenvalue weighted by Gasteiger charge is 2.27. The first-order valence-corrected chi connectivity index (χ1v) is 14.9. The summed E-state index contributed by atoms with van der Waals surface area (Å²) in [5, 5.41) is 12.7. The van der Waals surface area contributed by atoms with Gasteiger partial charge < -0.3 is 26.2 Å². The molecule has 0 saturated carbocycles. The minimum Gasteiger partial charge on any atom is -0.354 e. The number of benzene rings is 3. The van der Waals surface area contributed by atoms with Crippen LogP contribution < -0.4 is 21.3 Å². The molecule has 0 radical (unpaired) electrons. The summed E-state index contributed by atoms with van der Waals surface area (Å²) < 4.78 is 0. The van der Waals surface area contributed by atoms with Gasteiger partial charge in [0.05, 0.1) is 5.69 Å². The minimum atomic E-state index is -0.256. The molecule has 1 aliphatic carbocycles. The van der Waals surface area contributed by atoms with Crippen LogP contribution >= 0.6 is 0 Å². The number of hydrogen-bond donors (Lipinski definition) is 4. The van der Waals surface area contributed by atoms with E-state index in [1.54, 1.807) is 0 Å². The highest BCUT2D eigenvalue weighted by molar-refractivity contribution is 5.99. The number of fused-ring (bicyclic) bond motifs is 3. The van der Waals surface area contributed by atoms with Gasteiger partial charge in [0, 0.05) is 61.8 Å². The van der Waals surface area contributed by atoms with Crippen LogP contribution in [0.3, 0.4) is 0 Å². The fourth-order valence-corrected chi connectivity index (χ4v) is 5.87. The molecule has 216 valence electrons. The van der Waals surface area contributed by atoms with Gasteiger partial charge in [0.1, 0.15) is 0 Å². The molecule has 1 unspecified atom stereocenters. The Balaban J connectivity index is 1.11. The van der Waals surface area contributed by atoms with Crippen molar-refractivity contribution in [2.75, 3.05) is 55.2 Å². The zero-order valence-corrected chi connectivity index (χ0v) is 24.4. The second-order valence-electron chi connectivity index (χ2n) is 11.3. The summed E-state index contributed by atoms with van der Waals surface area (Å²) in [6.07, 6.45) is 3.88. The van der Waals surface area contributed by atoms with E-state index in [4.69, 9.17) is 4.98 Å². The average Bonchev–Trinajstić information content (AvgIpc) is 3.02. The molecule has 6 rings (SSSR count). The van der Waals surface area contributed by atoms with Gasteiger partial charge in [-0.1, -0.05) is 42.5 Å². The molecule has 0 spiro atoms. The maximum atomic E-state index is 12.6. The lowest BCUT2D eigenvalue weighted by Gasteiger charge is -2.28. The van der Waals surface area contributed by atoms with E-state index >= 15 is 0 Å². The lowest BCUT2D eigenvalue weighted by molar-refractivity contribution is 0.240. The van der Waals surface area contributed by atoms with E-state index in [1.807, 2.05) is 43.5 Å². The summed E-state index contributed by atoms with van der Waals surface area (Å²) in [6, 6.07) is 22.3. The Morgan fingerprint density at radius 2 is 1.71 bits per heavy atom. The Morgan fingerprint density at radius 1 is 0.952 bits per heavy atom. The highest BCUT2D eigenvalue weighted by Crippen LogP contribution is 2.42. The Morgan fingerprint density at radius 3 is 2.52 bits per heavy atom. The molecular formula is C34H39N7O. The third kappa shape index (κ3) is 6.45. The summed E-state index contributed by atoms with van der Waals surface area (Å²) in [5.41, 5.74) is 9.66. The molecule has 3 aromatic carbocycles. The molecular weight excluding hydrogens is 522 g/mol. The fourth-order valence-electron chi connectivity index (χ4n) is 5.87. The number of carbonyl (C=O) groups is 1. The zero-order chi connectivity index (χ0) is 28.9. The van der Waals surface area contributed by atoms with E-state index in [2.05, 4.69) is 74.5 Å². The normalized spacial score (nSPS) is 16.3. The summed E-state index contributed by atoms with van der Waals surface area (Å²) in [4.78, 5) is 24.7. The van der Waals surface area contributed by atoms with Crippen molar-refractivity contribution in [1.29, 1.82) is 0 Å². The van der Waals surface area contributed by atoms with Crippen molar-refractivity contribution in [1.82, 2.24) is 20.2 Å². The molecule has 8 nitrogen and oxygen atoms in total. The number of aromatic nitrogens is 2. The molecule has 1 atom stereocenters. The number of urea groups is 1. The van der Waals surface area contributed by atoms with Gasteiger partial charge >= 0.3 is 6.03 Å². The molecule has 1 aliphatic heterocycles. The number of rotatable bonds is 8. The van der Waals surface area contributed by atoms with Gasteiger partial charge in [-0.2, -0.15) is 0 Å². The molecule has 4 N–H and O–H groups in total. The van der Waals surface area contributed by atoms with Gasteiger partial charge in [0.2, 0.25) is 5.95 Å². The highest BCUT2D eigenvalue weighted by atomic mass is 16.2. The van der Waals surface area contributed by atoms with Crippen LogP contribution in [0.2, 0.25) is 0 Å². The fraction of sp³-hybridized carbons (Fsp3) is 0.324. The summed E-state index contributed by atoms with van der Waals surface area (Å²) >= 11 is 0. The van der Waals surface area contributed by atoms with E-state index < -0.39 is 0 Å². The minimum absolute atomic E-state index is 0.188. The van der Waals surface area contributed by atoms with Gasteiger partial charge in [-0.15, -0.1) is 0 Å². The number of piperazine rings is 1. The summed E-state index contributed by atoms with van der Waals surface area (Å²) in [5.74, 6) is 0.880. The van der Waals surface area contributed by atoms with Crippen LogP contribution in [0.15, 0.2) is 72.9 Å². The van der Waals surface area contributed by atoms with Gasteiger partial charge in [-0.05, 0) is 85.3 Å². The molecule has 8 heteroatoms. The van der Waals surface area contributed by atoms with Crippen molar-refractivity contribution in [3.8, 4) is 11.3 Å². The number of nitrogens with one attached hydrogen (secondary N) is 4. The van der Waals surface area contributed by atoms with Crippen LogP contribution in [-0.2, 0) is 6.42 Å². The molecule has 1 saturated heterocycles. The van der Waals surface area contributed by atoms with Gasteiger partial charge in [-0.3, -0.25) is 0 Å². The van der Waals surface area contributed by atoms with E-state index in [0.29, 0.717) is 5.95 Å². The average molecular weight is 562 g/mol. The van der Waals surface area contributed by atoms with Crippen LogP contribution in [0.1, 0.15) is 40.2 Å². The molecule has 2 heterocycles. The maximum Gasteiger partial charge on any atom is 0.323 e. The van der Waals surface area contributed by atoms with Crippen molar-refractivity contribution >= 4 is 23.4 Å². The van der Waals surface area contributed by atoms with E-state index in [9.17, 15) is 4.79 Å². The Bertz CT molecular complexity index is 1550. The lowest BCUT2D eigenvalue weighted by Crippen LogP contribution is -2.44. The lowest BCUT2D eigenvalue weighted by atomic mass is 9.78. The molecule has 2 amide bonds. The number of nitrogens with zero attached hydrogens (tertiary/aromatic N) is 3. The van der Waals surface area contributed by atoms with Crippen molar-refractivity contribution in [3.05, 3.63) is 101 Å². The van der Waals surface area contributed by atoms with Crippen molar-refractivity contribution in [3.63, 3.8) is 0 Å². The number of aryl methyl sites for hydroxylation is 2. The van der Waals surface area contributed by atoms with E-state index in [1.165, 1.54) is 16.7 Å². The zero-order valence-electron chi connectivity index (χ0n) is 24.4. The second-order valence-corrected chi connectivity index (χ2v) is 11.3. The Labute approximate surface area is 248 Å². The van der Waals surface area contributed by atoms with E-state index in [-0.39, 0.29) is 11.9 Å². The van der Waals surface area contributed by atoms with Gasteiger partial charge in [-0.25, -0.2) is 14.8 Å². The predicted molar refractivity (Wildman–Crippen MR) is 170 cm³/mol. The molecule has 0 bridgehead atoms. The van der Waals surface area contributed by atoms with Crippen LogP contribution in [0, 0.1) is 13.8 Å². The third-order valence-electron chi connectivity index (χ3n) is 8.36. The van der Waals surface area contributed by atoms with Crippen molar-refractivity contribution in [2.24, 2.45) is 0 Å². The number of amides is 2. The quantitative estimate of drug-likeness (QED) is 0.203. The van der Waals surface area contributed by atoms with Gasteiger partial charge in [0.25, 0.3) is 0 Å². The SMILES string of the molecule is Cc1ccc(NC(=O)Nc2ccc(C3Cc4cnc(NCCCN5CCNCC5)nc4-c4ccccc43)cc2)cc1C. The van der Waals surface area contributed by atoms with E-state index in [0.717, 1.165) is 85.9 Å². The molecule has 1 aromatic heterocycles. The first-order valence-electron chi connectivity index (χ1n) is 14.9. The van der Waals surface area contributed by atoms with Crippen molar-refractivity contribution in [2.45, 2.75) is 32.6 Å². The number of hydrogen-bond acceptors (Lipinski definition) is 6. The Kier molecular flexibility index (Phi) is 8.44. The first-order chi connectivity index (χ1) is 20.5. The topological polar surface area (TPSA) is 94.2 Å². The standard InChI is InChI=1S/C34H39N7O/c1-23-8-11-28(20-24(23)2)39-34(42)38-27-12-9-25(10-13-27)31-21-26-22-37-33(36-14-5-17-41-18-15-35-16-19-41)40-32(26)30-7-4-3-6-29(30)31/h3-4,6-13,20,22,31,35H,5,14-19,21H2,1-2H3,(H,36,37,40)(H2,38,39,42). The number of anilines is 3. The summed E-state index contributed by atoms with van der Waals surface area (Å²) in [6.45, 7) is 10.4. The smallest absolute Gasteiger partial charge is 0.323 e. The molecule has 2 aliphatic rings. The predicted octanol–water partition coefficient (Wildman–Crippen LogP) is 5.80. The van der Waals surface area contributed by atoms with Gasteiger partial charge in [0.15, 0.2) is 0 Å². The molecule has 4 aromatic rings. The first kappa shape index (κ1) is 27.9. The third-order valence-corrected chi connectivity index (χ3v) is 8.36. The van der Waals surface area contributed by atoms with Crippen LogP contribution in [0.4, 0.5) is 22.1 Å². The monoisotopic (exact) mass is 561 g/mol. The largest absolute Gasteiger partial charge is 0.354 e. The molecule has 1 fully saturated rings. The maximum absolute atomic E-state index is 12.6. The van der Waals surface area contributed by atoms with Crippen LogP contribution in [0.25, 0.3) is 11.3 Å². The number of carbonyl (C=O) groups excluding carboxylic acids is 1. The van der Waals surface area contributed by atoms with Crippen molar-refractivity contribution < 1.29 is 4.79 Å².